The third-order valence-electron chi connectivity index (χ3n) is 3.48. The Kier molecular flexibility index (Phi) is 3.74. The van der Waals surface area contributed by atoms with Gasteiger partial charge < -0.3 is 9.47 Å². The third kappa shape index (κ3) is 2.51. The molecular weight excluding hydrogens is 278 g/mol. The number of carbonyl (C=O) groups is 1. The Hall–Kier alpha value is -2.88. The van der Waals surface area contributed by atoms with Gasteiger partial charge in [0.25, 0.3) is 0 Å². The van der Waals surface area contributed by atoms with E-state index in [9.17, 15) is 4.79 Å². The Morgan fingerprint density at radius 3 is 2.27 bits per heavy atom. The van der Waals surface area contributed by atoms with E-state index in [0.717, 1.165) is 10.9 Å². The molecule has 0 saturated carbocycles. The Bertz CT molecular complexity index is 828. The smallest absolute Gasteiger partial charge is 0.194 e. The molecule has 0 atom stereocenters. The lowest BCUT2D eigenvalue weighted by Crippen LogP contribution is -2.02. The zero-order valence-electron chi connectivity index (χ0n) is 12.4. The largest absolute Gasteiger partial charge is 0.493 e. The molecular formula is C18H15NO3. The molecule has 0 amide bonds. The lowest BCUT2D eigenvalue weighted by atomic mass is 10.0. The average Bonchev–Trinajstić information content (AvgIpc) is 2.60. The molecule has 3 rings (SSSR count). The highest BCUT2D eigenvalue weighted by atomic mass is 16.5. The number of methoxy groups -OCH3 is 2. The molecule has 4 nitrogen and oxygen atoms in total. The molecule has 2 aromatic carbocycles. The minimum atomic E-state index is -0.0511. The van der Waals surface area contributed by atoms with Crippen molar-refractivity contribution in [3.63, 3.8) is 0 Å². The third-order valence-corrected chi connectivity index (χ3v) is 3.48. The summed E-state index contributed by atoms with van der Waals surface area (Å²) in [5.41, 5.74) is 1.94. The topological polar surface area (TPSA) is 48.4 Å². The second kappa shape index (κ2) is 5.85. The second-order valence-electron chi connectivity index (χ2n) is 4.82. The number of nitrogens with zero attached hydrogens (tertiary/aromatic N) is 1. The van der Waals surface area contributed by atoms with Gasteiger partial charge in [-0.1, -0.05) is 30.3 Å². The van der Waals surface area contributed by atoms with Crippen LogP contribution in [0, 0.1) is 0 Å². The van der Waals surface area contributed by atoms with Crippen molar-refractivity contribution in [2.24, 2.45) is 0 Å². The molecule has 0 spiro atoms. The van der Waals surface area contributed by atoms with Crippen molar-refractivity contribution in [3.8, 4) is 11.5 Å². The number of hydrogen-bond acceptors (Lipinski definition) is 4. The minimum Gasteiger partial charge on any atom is -0.493 e. The van der Waals surface area contributed by atoms with E-state index in [1.807, 2.05) is 30.3 Å². The Morgan fingerprint density at radius 2 is 1.59 bits per heavy atom. The SMILES string of the molecule is COc1cc2cc(C(=O)c3ccccc3)cnc2cc1OC. The van der Waals surface area contributed by atoms with Crippen LogP contribution in [-0.4, -0.2) is 25.0 Å². The van der Waals surface area contributed by atoms with Crippen LogP contribution in [0.25, 0.3) is 10.9 Å². The summed E-state index contributed by atoms with van der Waals surface area (Å²) in [7, 11) is 3.16. The highest BCUT2D eigenvalue weighted by Gasteiger charge is 2.12. The van der Waals surface area contributed by atoms with Gasteiger partial charge in [-0.2, -0.15) is 0 Å². The van der Waals surface area contributed by atoms with Crippen molar-refractivity contribution < 1.29 is 14.3 Å². The number of aromatic nitrogens is 1. The zero-order valence-corrected chi connectivity index (χ0v) is 12.4. The van der Waals surface area contributed by atoms with Gasteiger partial charge in [0.1, 0.15) is 0 Å². The van der Waals surface area contributed by atoms with E-state index in [0.29, 0.717) is 22.6 Å². The summed E-state index contributed by atoms with van der Waals surface area (Å²) in [5.74, 6) is 1.18. The van der Waals surface area contributed by atoms with Gasteiger partial charge >= 0.3 is 0 Å². The number of carbonyl (C=O) groups excluding carboxylic acids is 1. The first kappa shape index (κ1) is 14.1. The van der Waals surface area contributed by atoms with Crippen molar-refractivity contribution in [1.82, 2.24) is 4.98 Å². The van der Waals surface area contributed by atoms with Crippen LogP contribution < -0.4 is 9.47 Å². The first-order valence-electron chi connectivity index (χ1n) is 6.84. The first-order chi connectivity index (χ1) is 10.7. The maximum atomic E-state index is 12.5. The van der Waals surface area contributed by atoms with E-state index in [2.05, 4.69) is 4.98 Å². The normalized spacial score (nSPS) is 10.5. The molecule has 22 heavy (non-hydrogen) atoms. The van der Waals surface area contributed by atoms with Gasteiger partial charge in [0, 0.05) is 28.8 Å². The van der Waals surface area contributed by atoms with Gasteiger partial charge in [-0.25, -0.2) is 0 Å². The van der Waals surface area contributed by atoms with Crippen LogP contribution in [0.2, 0.25) is 0 Å². The molecule has 0 N–H and O–H groups in total. The molecule has 0 saturated heterocycles. The van der Waals surface area contributed by atoms with E-state index in [4.69, 9.17) is 9.47 Å². The summed E-state index contributed by atoms with van der Waals surface area (Å²) >= 11 is 0. The molecule has 0 bridgehead atoms. The lowest BCUT2D eigenvalue weighted by molar-refractivity contribution is 0.103. The highest BCUT2D eigenvalue weighted by Crippen LogP contribution is 2.31. The summed E-state index contributed by atoms with van der Waals surface area (Å²) in [4.78, 5) is 16.8. The van der Waals surface area contributed by atoms with Crippen molar-refractivity contribution >= 4 is 16.7 Å². The predicted molar refractivity (Wildman–Crippen MR) is 84.7 cm³/mol. The van der Waals surface area contributed by atoms with Gasteiger partial charge in [-0.3, -0.25) is 9.78 Å². The van der Waals surface area contributed by atoms with Crippen molar-refractivity contribution in [2.75, 3.05) is 14.2 Å². The van der Waals surface area contributed by atoms with Gasteiger partial charge in [0.15, 0.2) is 17.3 Å². The van der Waals surface area contributed by atoms with E-state index in [1.54, 1.807) is 38.6 Å². The molecule has 1 heterocycles. The van der Waals surface area contributed by atoms with Crippen LogP contribution in [0.5, 0.6) is 11.5 Å². The number of pyridine rings is 1. The Morgan fingerprint density at radius 1 is 0.909 bits per heavy atom. The standard InChI is InChI=1S/C18H15NO3/c1-21-16-9-13-8-14(11-19-15(13)10-17(16)22-2)18(20)12-6-4-3-5-7-12/h3-11H,1-2H3. The number of ketones is 1. The number of benzene rings is 2. The van der Waals surface area contributed by atoms with Gasteiger partial charge in [0.05, 0.1) is 19.7 Å². The predicted octanol–water partition coefficient (Wildman–Crippen LogP) is 3.48. The van der Waals surface area contributed by atoms with Crippen LogP contribution in [-0.2, 0) is 0 Å². The highest BCUT2D eigenvalue weighted by molar-refractivity contribution is 6.10. The van der Waals surface area contributed by atoms with E-state index >= 15 is 0 Å². The maximum Gasteiger partial charge on any atom is 0.194 e. The summed E-state index contributed by atoms with van der Waals surface area (Å²) in [6.45, 7) is 0. The number of fused-ring (bicyclic) bond motifs is 1. The first-order valence-corrected chi connectivity index (χ1v) is 6.84. The van der Waals surface area contributed by atoms with Crippen LogP contribution in [0.3, 0.4) is 0 Å². The molecule has 0 radical (unpaired) electrons. The molecule has 0 aliphatic heterocycles. The quantitative estimate of drug-likeness (QED) is 0.691. The Labute approximate surface area is 128 Å². The summed E-state index contributed by atoms with van der Waals surface area (Å²) in [6, 6.07) is 14.6. The molecule has 0 fully saturated rings. The summed E-state index contributed by atoms with van der Waals surface area (Å²) in [5, 5.41) is 0.833. The average molecular weight is 293 g/mol. The van der Waals surface area contributed by atoms with E-state index < -0.39 is 0 Å². The molecule has 0 aliphatic rings. The fraction of sp³-hybridized carbons (Fsp3) is 0.111. The van der Waals surface area contributed by atoms with E-state index in [1.165, 1.54) is 0 Å². The minimum absolute atomic E-state index is 0.0511. The monoisotopic (exact) mass is 293 g/mol. The van der Waals surface area contributed by atoms with E-state index in [-0.39, 0.29) is 5.78 Å². The van der Waals surface area contributed by atoms with Gasteiger partial charge in [-0.15, -0.1) is 0 Å². The number of ether oxygens (including phenoxy) is 2. The molecule has 1 aromatic heterocycles. The summed E-state index contributed by atoms with van der Waals surface area (Å²) in [6.07, 6.45) is 1.59. The van der Waals surface area contributed by atoms with Crippen molar-refractivity contribution in [2.45, 2.75) is 0 Å². The number of rotatable bonds is 4. The zero-order chi connectivity index (χ0) is 15.5. The molecule has 3 aromatic rings. The van der Waals surface area contributed by atoms with Crippen LogP contribution >= 0.6 is 0 Å². The maximum absolute atomic E-state index is 12.5. The van der Waals surface area contributed by atoms with Gasteiger partial charge in [-0.05, 0) is 12.1 Å². The summed E-state index contributed by atoms with van der Waals surface area (Å²) < 4.78 is 10.6. The van der Waals surface area contributed by atoms with Crippen molar-refractivity contribution in [1.29, 1.82) is 0 Å². The van der Waals surface area contributed by atoms with Crippen LogP contribution in [0.1, 0.15) is 15.9 Å². The van der Waals surface area contributed by atoms with Crippen molar-refractivity contribution in [3.05, 3.63) is 65.9 Å². The number of hydrogen-bond donors (Lipinski definition) is 0. The molecule has 0 aliphatic carbocycles. The molecule has 110 valence electrons. The lowest BCUT2D eigenvalue weighted by Gasteiger charge is -2.09. The second-order valence-corrected chi connectivity index (χ2v) is 4.82. The van der Waals surface area contributed by atoms with Crippen LogP contribution in [0.4, 0.5) is 0 Å². The molecule has 4 heteroatoms. The fourth-order valence-corrected chi connectivity index (χ4v) is 2.34. The fourth-order valence-electron chi connectivity index (χ4n) is 2.34. The van der Waals surface area contributed by atoms with Gasteiger partial charge in [0.2, 0.25) is 0 Å². The molecule has 0 unspecified atom stereocenters. The van der Waals surface area contributed by atoms with Crippen LogP contribution in [0.15, 0.2) is 54.7 Å². The Balaban J connectivity index is 2.08.